The van der Waals surface area contributed by atoms with Crippen LogP contribution in [-0.2, 0) is 19.8 Å². The molecule has 1 aromatic rings. The summed E-state index contributed by atoms with van der Waals surface area (Å²) >= 11 is -2.62. The first kappa shape index (κ1) is 15.5. The Morgan fingerprint density at radius 1 is 1.09 bits per heavy atom. The van der Waals surface area contributed by atoms with Crippen LogP contribution in [0.1, 0.15) is 37.7 Å². The summed E-state index contributed by atoms with van der Waals surface area (Å²) in [5, 5.41) is 0. The number of rotatable bonds is 3. The molecule has 0 aromatic heterocycles. The second-order valence-electron chi connectivity index (χ2n) is 7.26. The zero-order valence-corrected chi connectivity index (χ0v) is 16.4. The topological polar surface area (TPSA) is 0 Å². The molecule has 0 heterocycles. The van der Waals surface area contributed by atoms with Gasteiger partial charge in [-0.1, -0.05) is 0 Å². The number of allylic oxidation sites excluding steroid dienone is 8. The van der Waals surface area contributed by atoms with E-state index in [1.165, 1.54) is 37.7 Å². The first-order valence-electron chi connectivity index (χ1n) is 8.94. The normalized spacial score (nSPS) is 25.3. The average molecular weight is 381 g/mol. The summed E-state index contributed by atoms with van der Waals surface area (Å²) in [4.78, 5) is 0. The molecule has 0 fully saturated rings. The van der Waals surface area contributed by atoms with Crippen molar-refractivity contribution in [3.05, 3.63) is 80.7 Å². The predicted molar refractivity (Wildman–Crippen MR) is 97.7 cm³/mol. The standard InChI is InChI=1S/C9H11.C7H6.C5H5.CH3.Zr/c1-2-5-9-7-3-6-8(9)4-1;1-7-5-3-2-4-6-7;1-2-4-5-3-1;;/h3,6-7H,1-2,4-5H2;1-6H;1-3H,4H2;1H3;. The monoisotopic (exact) mass is 379 g/mol. The molecule has 3 aliphatic carbocycles. The third kappa shape index (κ3) is 2.89. The van der Waals surface area contributed by atoms with Crippen LogP contribution in [0, 0.1) is 0 Å². The molecule has 0 nitrogen and oxygen atoms in total. The summed E-state index contributed by atoms with van der Waals surface area (Å²) in [6, 6.07) is 11.0. The minimum absolute atomic E-state index is 0.742. The van der Waals surface area contributed by atoms with Gasteiger partial charge in [0.25, 0.3) is 0 Å². The molecule has 0 saturated heterocycles. The Morgan fingerprint density at radius 2 is 1.91 bits per heavy atom. The Balaban J connectivity index is 1.82. The molecule has 2 unspecified atom stereocenters. The van der Waals surface area contributed by atoms with Gasteiger partial charge in [0.05, 0.1) is 0 Å². The SMILES string of the molecule is [CH3][Zr](=[CH]c1ccccc1)([C]1=CC=CC1)[CH]1C=CC2=C1CCCC2. The van der Waals surface area contributed by atoms with E-state index >= 15 is 0 Å². The van der Waals surface area contributed by atoms with Crippen LogP contribution >= 0.6 is 0 Å². The summed E-state index contributed by atoms with van der Waals surface area (Å²) in [5.74, 6) is 0. The first-order valence-corrected chi connectivity index (χ1v) is 15.5. The molecule has 2 atom stereocenters. The van der Waals surface area contributed by atoms with E-state index in [1.807, 2.05) is 0 Å². The van der Waals surface area contributed by atoms with E-state index in [2.05, 4.69) is 69.1 Å². The summed E-state index contributed by atoms with van der Waals surface area (Å²) < 4.78 is 7.87. The molecule has 23 heavy (non-hydrogen) atoms. The quantitative estimate of drug-likeness (QED) is 0.593. The average Bonchev–Trinajstić information content (AvgIpc) is 3.26. The van der Waals surface area contributed by atoms with Crippen molar-refractivity contribution in [3.63, 3.8) is 0 Å². The summed E-state index contributed by atoms with van der Waals surface area (Å²) in [6.45, 7) is 0. The Kier molecular flexibility index (Phi) is 4.33. The molecule has 4 rings (SSSR count). The van der Waals surface area contributed by atoms with E-state index in [0.717, 1.165) is 3.63 Å². The van der Waals surface area contributed by atoms with Gasteiger partial charge in [0.2, 0.25) is 0 Å². The summed E-state index contributed by atoms with van der Waals surface area (Å²) in [7, 11) is 0. The second kappa shape index (κ2) is 6.44. The van der Waals surface area contributed by atoms with Crippen LogP contribution in [0.5, 0.6) is 0 Å². The maximum atomic E-state index is 2.72. The van der Waals surface area contributed by atoms with E-state index in [-0.39, 0.29) is 0 Å². The molecule has 0 amide bonds. The van der Waals surface area contributed by atoms with E-state index in [4.69, 9.17) is 0 Å². The fourth-order valence-corrected chi connectivity index (χ4v) is 14.9. The fourth-order valence-electron chi connectivity index (χ4n) is 4.51. The van der Waals surface area contributed by atoms with Crippen molar-refractivity contribution in [3.8, 4) is 0 Å². The molecular formula is C22H25Zr. The molecule has 0 aliphatic heterocycles. The minimum atomic E-state index is -2.62. The maximum absolute atomic E-state index is 2.72. The van der Waals surface area contributed by atoms with Crippen LogP contribution in [-0.4, -0.2) is 3.71 Å². The van der Waals surface area contributed by atoms with E-state index in [0.29, 0.717) is 0 Å². The van der Waals surface area contributed by atoms with Gasteiger partial charge < -0.3 is 0 Å². The zero-order valence-electron chi connectivity index (χ0n) is 14.0. The van der Waals surface area contributed by atoms with E-state index < -0.39 is 19.8 Å². The Bertz CT molecular complexity index is 771. The molecule has 1 heteroatoms. The van der Waals surface area contributed by atoms with E-state index in [1.54, 1.807) is 14.4 Å². The molecule has 1 aromatic carbocycles. The van der Waals surface area contributed by atoms with Gasteiger partial charge in [-0.3, -0.25) is 0 Å². The van der Waals surface area contributed by atoms with Gasteiger partial charge in [0.1, 0.15) is 0 Å². The number of benzene rings is 1. The number of hydrogen-bond acceptors (Lipinski definition) is 0. The molecule has 3 aliphatic rings. The van der Waals surface area contributed by atoms with Crippen LogP contribution in [0.2, 0.25) is 8.26 Å². The van der Waals surface area contributed by atoms with Crippen LogP contribution in [0.4, 0.5) is 0 Å². The van der Waals surface area contributed by atoms with Crippen molar-refractivity contribution in [1.29, 1.82) is 0 Å². The van der Waals surface area contributed by atoms with Crippen molar-refractivity contribution in [2.45, 2.75) is 40.4 Å². The van der Waals surface area contributed by atoms with Crippen molar-refractivity contribution in [1.82, 2.24) is 0 Å². The second-order valence-corrected chi connectivity index (χ2v) is 17.4. The van der Waals surface area contributed by atoms with Gasteiger partial charge in [-0.15, -0.1) is 0 Å². The van der Waals surface area contributed by atoms with Crippen LogP contribution < -0.4 is 0 Å². The van der Waals surface area contributed by atoms with Gasteiger partial charge in [-0.2, -0.15) is 0 Å². The van der Waals surface area contributed by atoms with Gasteiger partial charge in [-0.25, -0.2) is 0 Å². The first-order chi connectivity index (χ1) is 11.3. The fraction of sp³-hybridized carbons (Fsp3) is 0.318. The van der Waals surface area contributed by atoms with Crippen molar-refractivity contribution < 1.29 is 19.8 Å². The molecule has 0 bridgehead atoms. The summed E-state index contributed by atoms with van der Waals surface area (Å²) in [6.07, 6.45) is 18.7. The molecule has 0 saturated carbocycles. The molecule has 0 N–H and O–H groups in total. The van der Waals surface area contributed by atoms with Crippen molar-refractivity contribution in [2.75, 3.05) is 0 Å². The van der Waals surface area contributed by atoms with E-state index in [9.17, 15) is 0 Å². The summed E-state index contributed by atoms with van der Waals surface area (Å²) in [5.41, 5.74) is 4.91. The Morgan fingerprint density at radius 3 is 2.70 bits per heavy atom. The Hall–Kier alpha value is -1.07. The van der Waals surface area contributed by atoms with Gasteiger partial charge >= 0.3 is 145 Å². The van der Waals surface area contributed by atoms with Gasteiger partial charge in [-0.05, 0) is 0 Å². The van der Waals surface area contributed by atoms with Gasteiger partial charge in [0, 0.05) is 0 Å². The zero-order chi connectivity index (χ0) is 15.7. The third-order valence-electron chi connectivity index (χ3n) is 5.80. The van der Waals surface area contributed by atoms with Crippen LogP contribution in [0.25, 0.3) is 0 Å². The van der Waals surface area contributed by atoms with Crippen molar-refractivity contribution >= 4 is 3.71 Å². The van der Waals surface area contributed by atoms with Crippen LogP contribution in [0.3, 0.4) is 0 Å². The predicted octanol–water partition coefficient (Wildman–Crippen LogP) is 6.11. The third-order valence-corrected chi connectivity index (χ3v) is 16.9. The van der Waals surface area contributed by atoms with Crippen LogP contribution in [0.15, 0.2) is 75.1 Å². The molecule has 0 spiro atoms. The van der Waals surface area contributed by atoms with Gasteiger partial charge in [0.15, 0.2) is 0 Å². The molecule has 0 radical (unpaired) electrons. The Labute approximate surface area is 144 Å². The van der Waals surface area contributed by atoms with Crippen molar-refractivity contribution in [2.24, 2.45) is 0 Å². The number of hydrogen-bond donors (Lipinski definition) is 0. The molecular weight excluding hydrogens is 355 g/mol. The molecule has 117 valence electrons.